The van der Waals surface area contributed by atoms with Crippen molar-refractivity contribution in [3.63, 3.8) is 0 Å². The van der Waals surface area contributed by atoms with Gasteiger partial charge in [0.2, 0.25) is 0 Å². The quantitative estimate of drug-likeness (QED) is 0.0762. The van der Waals surface area contributed by atoms with Crippen molar-refractivity contribution in [3.05, 3.63) is 116 Å². The van der Waals surface area contributed by atoms with Crippen molar-refractivity contribution in [3.8, 4) is 0 Å². The number of esters is 1. The fourth-order valence-electron chi connectivity index (χ4n) is 2.68. The van der Waals surface area contributed by atoms with Crippen LogP contribution < -0.4 is 0 Å². The van der Waals surface area contributed by atoms with Gasteiger partial charge in [-0.2, -0.15) is 0 Å². The molecule has 0 aliphatic heterocycles. The van der Waals surface area contributed by atoms with Crippen LogP contribution in [0.1, 0.15) is 42.1 Å². The Morgan fingerprint density at radius 2 is 1.43 bits per heavy atom. The summed E-state index contributed by atoms with van der Waals surface area (Å²) in [7, 11) is 0. The predicted octanol–water partition coefficient (Wildman–Crippen LogP) is 5.63. The van der Waals surface area contributed by atoms with Gasteiger partial charge in [-0.25, -0.2) is 4.79 Å². The molecule has 2 aromatic carbocycles. The molecular weight excluding hydrogens is 516 g/mol. The standard InChI is InChI=1S/C26H32O4.3CO.Fe/c1-2-3-4-5-6-7-14-19-29-25(21-28-20-23-15-10-8-11-16-23)22-30-26(27)24-17-12-9-13-18-24;3*1-2;/h5-18,25H,2-4,19-22H2,1H3;;;;/b6-5+,14-7+;;;;. The average Bonchev–Trinajstić information content (AvgIpc) is 2.97. The second-order valence-corrected chi connectivity index (χ2v) is 6.92. The Balaban J connectivity index is -0.00000153. The van der Waals surface area contributed by atoms with E-state index in [1.807, 2.05) is 66.8 Å². The van der Waals surface area contributed by atoms with Crippen molar-refractivity contribution in [1.29, 1.82) is 0 Å². The molecule has 0 fully saturated rings. The number of ether oxygens (including phenoxy) is 3. The molecule has 198 valence electrons. The maximum atomic E-state index is 12.2. The van der Waals surface area contributed by atoms with E-state index in [-0.39, 0.29) is 35.7 Å². The second-order valence-electron chi connectivity index (χ2n) is 6.92. The smallest absolute Gasteiger partial charge is 0 e. The van der Waals surface area contributed by atoms with Crippen LogP contribution in [0.2, 0.25) is 0 Å². The van der Waals surface area contributed by atoms with Gasteiger partial charge in [-0.3, -0.25) is 0 Å². The van der Waals surface area contributed by atoms with Gasteiger partial charge in [0.15, 0.2) is 0 Å². The molecule has 0 heterocycles. The summed E-state index contributed by atoms with van der Waals surface area (Å²) in [4.78, 5) is 12.2. The van der Waals surface area contributed by atoms with Gasteiger partial charge in [0, 0.05) is 17.1 Å². The van der Waals surface area contributed by atoms with E-state index in [4.69, 9.17) is 28.2 Å². The molecule has 0 N–H and O–H groups in total. The van der Waals surface area contributed by atoms with E-state index in [0.29, 0.717) is 25.4 Å². The number of benzene rings is 2. The molecule has 0 spiro atoms. The molecule has 2 rings (SSSR count). The minimum atomic E-state index is -0.360. The van der Waals surface area contributed by atoms with Crippen LogP contribution in [0.3, 0.4) is 0 Å². The maximum absolute atomic E-state index is 12.2. The molecular formula is C29H32FeO7. The van der Waals surface area contributed by atoms with Gasteiger partial charge in [0.25, 0.3) is 0 Å². The molecule has 1 unspecified atom stereocenters. The zero-order valence-electron chi connectivity index (χ0n) is 20.8. The summed E-state index contributed by atoms with van der Waals surface area (Å²) >= 11 is 0. The van der Waals surface area contributed by atoms with Crippen LogP contribution in [0.25, 0.3) is 0 Å². The van der Waals surface area contributed by atoms with E-state index < -0.39 is 0 Å². The number of hydrogen-bond donors (Lipinski definition) is 0. The molecule has 0 radical (unpaired) electrons. The predicted molar refractivity (Wildman–Crippen MR) is 132 cm³/mol. The molecule has 8 heteroatoms. The minimum Gasteiger partial charge on any atom is 0 e. The number of allylic oxidation sites excluding steroid dienone is 3. The summed E-state index contributed by atoms with van der Waals surface area (Å²) in [5.74, 6) is -0.360. The topological polar surface area (TPSA) is 104 Å². The Bertz CT molecular complexity index is 876. The molecule has 0 saturated carbocycles. The second kappa shape index (κ2) is 31.1. The third kappa shape index (κ3) is 22.0. The molecule has 2 aromatic rings. The average molecular weight is 548 g/mol. The Hall–Kier alpha value is -2.95. The fraction of sp³-hybridized carbons (Fsp3) is 0.310. The molecule has 1 atom stereocenters. The van der Waals surface area contributed by atoms with Crippen molar-refractivity contribution in [2.75, 3.05) is 19.8 Å². The molecule has 0 saturated heterocycles. The molecule has 37 heavy (non-hydrogen) atoms. The largest absolute Gasteiger partial charge is 0 e. The van der Waals surface area contributed by atoms with E-state index in [2.05, 4.69) is 33.0 Å². The first-order valence-electron chi connectivity index (χ1n) is 11.2. The van der Waals surface area contributed by atoms with E-state index in [0.717, 1.165) is 12.0 Å². The SMILES string of the molecule is CCCC/C=C/C=C/COC(COCc1ccccc1)COC(=O)c1ccccc1.[C-]#[O+].[C-]#[O+].[C-]#[O+].[Fe]. The maximum Gasteiger partial charge on any atom is 0 e. The van der Waals surface area contributed by atoms with E-state index in [1.165, 1.54) is 12.8 Å². The summed E-state index contributed by atoms with van der Waals surface area (Å²) in [6, 6.07) is 18.9. The van der Waals surface area contributed by atoms with Crippen LogP contribution in [0.5, 0.6) is 0 Å². The number of rotatable bonds is 14. The van der Waals surface area contributed by atoms with E-state index in [9.17, 15) is 4.79 Å². The zero-order valence-corrected chi connectivity index (χ0v) is 21.9. The first kappa shape index (κ1) is 38.6. The monoisotopic (exact) mass is 548 g/mol. The van der Waals surface area contributed by atoms with Crippen molar-refractivity contribution in [2.24, 2.45) is 0 Å². The van der Waals surface area contributed by atoms with Gasteiger partial charge in [0.05, 0.1) is 25.4 Å². The Morgan fingerprint density at radius 1 is 0.865 bits per heavy atom. The van der Waals surface area contributed by atoms with Crippen molar-refractivity contribution in [2.45, 2.75) is 38.9 Å². The van der Waals surface area contributed by atoms with E-state index >= 15 is 0 Å². The summed E-state index contributed by atoms with van der Waals surface area (Å²) in [6.45, 7) is 17.1. The Morgan fingerprint density at radius 3 is 2.03 bits per heavy atom. The van der Waals surface area contributed by atoms with Gasteiger partial charge >= 0.3 is 39.9 Å². The number of hydrogen-bond acceptors (Lipinski definition) is 4. The molecule has 0 amide bonds. The Labute approximate surface area is 230 Å². The van der Waals surface area contributed by atoms with Gasteiger partial charge in [-0.05, 0) is 24.1 Å². The van der Waals surface area contributed by atoms with E-state index in [1.54, 1.807) is 12.1 Å². The van der Waals surface area contributed by atoms with Gasteiger partial charge in [-0.1, -0.05) is 92.6 Å². The summed E-state index contributed by atoms with van der Waals surface area (Å²) in [6.07, 6.45) is 11.3. The number of carbonyl (C=O) groups is 1. The first-order chi connectivity index (χ1) is 17.8. The number of carbonyl (C=O) groups excluding carboxylic acids is 1. The summed E-state index contributed by atoms with van der Waals surface area (Å²) in [5, 5.41) is 0. The van der Waals surface area contributed by atoms with Crippen LogP contribution in [0.15, 0.2) is 85.0 Å². The van der Waals surface area contributed by atoms with Gasteiger partial charge < -0.3 is 14.2 Å². The Kier molecular flexibility index (Phi) is 32.4. The summed E-state index contributed by atoms with van der Waals surface area (Å²) in [5.41, 5.74) is 1.62. The summed E-state index contributed by atoms with van der Waals surface area (Å²) < 4.78 is 39.6. The van der Waals surface area contributed by atoms with Crippen molar-refractivity contribution in [1.82, 2.24) is 0 Å². The zero-order chi connectivity index (χ0) is 27.3. The van der Waals surface area contributed by atoms with Gasteiger partial charge in [-0.15, -0.1) is 0 Å². The van der Waals surface area contributed by atoms with Gasteiger partial charge in [0.1, 0.15) is 12.7 Å². The normalized spacial score (nSPS) is 10.2. The number of unbranched alkanes of at least 4 members (excludes halogenated alkanes) is 2. The van der Waals surface area contributed by atoms with Crippen LogP contribution in [-0.4, -0.2) is 31.9 Å². The van der Waals surface area contributed by atoms with Crippen LogP contribution in [-0.2, 0) is 51.8 Å². The fourth-order valence-corrected chi connectivity index (χ4v) is 2.68. The molecule has 0 aliphatic rings. The first-order valence-corrected chi connectivity index (χ1v) is 11.2. The molecule has 7 nitrogen and oxygen atoms in total. The molecule has 0 aliphatic carbocycles. The van der Waals surface area contributed by atoms with Crippen molar-refractivity contribution >= 4 is 5.97 Å². The van der Waals surface area contributed by atoms with Crippen molar-refractivity contribution < 1.29 is 50.0 Å². The molecule has 0 bridgehead atoms. The van der Waals surface area contributed by atoms with Crippen LogP contribution in [0, 0.1) is 20.0 Å². The van der Waals surface area contributed by atoms with Crippen LogP contribution in [0.4, 0.5) is 0 Å². The minimum absolute atomic E-state index is 0. The molecule has 0 aromatic heterocycles. The third-order valence-corrected chi connectivity index (χ3v) is 4.36. The third-order valence-electron chi connectivity index (χ3n) is 4.36. The van der Waals surface area contributed by atoms with Crippen LogP contribution >= 0.6 is 0 Å².